The largest absolute Gasteiger partial charge is 0.435 e. The molecule has 1 aliphatic heterocycles. The van der Waals surface area contributed by atoms with Crippen LogP contribution >= 0.6 is 11.6 Å². The fourth-order valence-corrected chi connectivity index (χ4v) is 3.36. The lowest BCUT2D eigenvalue weighted by molar-refractivity contribution is -0.137. The lowest BCUT2D eigenvalue weighted by atomic mass is 9.98. The quantitative estimate of drug-likeness (QED) is 0.335. The molecule has 4 rings (SSSR count). The molecule has 1 amide bonds. The predicted octanol–water partition coefficient (Wildman–Crippen LogP) is 6.13. The Morgan fingerprint density at radius 1 is 1.00 bits per heavy atom. The Hall–Kier alpha value is -3.92. The highest BCUT2D eigenvalue weighted by Crippen LogP contribution is 2.34. The summed E-state index contributed by atoms with van der Waals surface area (Å²) in [6.45, 7) is -0.218. The molecule has 0 aromatic heterocycles. The number of anilines is 1. The Balaban J connectivity index is 1.62. The molecule has 11 heteroatoms. The lowest BCUT2D eigenvalue weighted by Gasteiger charge is -2.13. The van der Waals surface area contributed by atoms with Crippen molar-refractivity contribution in [2.24, 2.45) is 9.98 Å². The summed E-state index contributed by atoms with van der Waals surface area (Å²) in [4.78, 5) is 25.5. The SMILES string of the molecule is O=C(Nc1cccc(Cl)c1)ONC1=Nc2ccc(C(F)(F)F)cc2C(c2ccccc2F)=NC1. The maximum absolute atomic E-state index is 14.5. The average Bonchev–Trinajstić information content (AvgIpc) is 2.96. The molecular formula is C23H15ClF4N4O2. The first kappa shape index (κ1) is 23.2. The molecule has 174 valence electrons. The zero-order chi connectivity index (χ0) is 24.3. The van der Waals surface area contributed by atoms with E-state index in [4.69, 9.17) is 16.4 Å². The van der Waals surface area contributed by atoms with Crippen LogP contribution in [-0.2, 0) is 11.0 Å². The van der Waals surface area contributed by atoms with E-state index in [0.29, 0.717) is 10.7 Å². The first-order chi connectivity index (χ1) is 16.2. The highest BCUT2D eigenvalue weighted by molar-refractivity contribution is 6.30. The second-order valence-electron chi connectivity index (χ2n) is 7.06. The molecule has 0 radical (unpaired) electrons. The van der Waals surface area contributed by atoms with Crippen molar-refractivity contribution >= 4 is 40.6 Å². The number of carbonyl (C=O) groups excluding carboxylic acids is 1. The van der Waals surface area contributed by atoms with Crippen molar-refractivity contribution in [3.63, 3.8) is 0 Å². The number of benzene rings is 3. The number of rotatable bonds is 2. The van der Waals surface area contributed by atoms with Gasteiger partial charge in [-0.15, -0.1) is 0 Å². The number of nitrogens with zero attached hydrogens (tertiary/aromatic N) is 2. The Morgan fingerprint density at radius 2 is 1.79 bits per heavy atom. The summed E-state index contributed by atoms with van der Waals surface area (Å²) in [5.41, 5.74) is 1.88. The summed E-state index contributed by atoms with van der Waals surface area (Å²) in [6.07, 6.45) is -5.51. The molecule has 34 heavy (non-hydrogen) atoms. The van der Waals surface area contributed by atoms with Gasteiger partial charge in [0.15, 0.2) is 5.84 Å². The van der Waals surface area contributed by atoms with Crippen LogP contribution in [0.4, 0.5) is 33.7 Å². The van der Waals surface area contributed by atoms with Gasteiger partial charge in [0.05, 0.1) is 17.0 Å². The molecule has 0 unspecified atom stereocenters. The first-order valence-corrected chi connectivity index (χ1v) is 10.2. The van der Waals surface area contributed by atoms with E-state index in [0.717, 1.165) is 18.2 Å². The summed E-state index contributed by atoms with van der Waals surface area (Å²) >= 11 is 5.87. The number of nitrogens with one attached hydrogen (secondary N) is 2. The number of hydrogen-bond donors (Lipinski definition) is 2. The monoisotopic (exact) mass is 490 g/mol. The molecule has 0 fully saturated rings. The van der Waals surface area contributed by atoms with Crippen LogP contribution in [0.3, 0.4) is 0 Å². The van der Waals surface area contributed by atoms with Gasteiger partial charge in [0.25, 0.3) is 0 Å². The van der Waals surface area contributed by atoms with E-state index in [-0.39, 0.29) is 34.9 Å². The second kappa shape index (κ2) is 9.52. The third-order valence-corrected chi connectivity index (χ3v) is 4.92. The summed E-state index contributed by atoms with van der Waals surface area (Å²) in [5.74, 6) is -0.633. The number of hydroxylamine groups is 1. The Morgan fingerprint density at radius 3 is 2.53 bits per heavy atom. The topological polar surface area (TPSA) is 75.1 Å². The Kier molecular flexibility index (Phi) is 6.51. The summed E-state index contributed by atoms with van der Waals surface area (Å²) in [5, 5.41) is 2.86. The van der Waals surface area contributed by atoms with Crippen molar-refractivity contribution in [3.05, 3.63) is 94.3 Å². The van der Waals surface area contributed by atoms with E-state index in [9.17, 15) is 22.4 Å². The van der Waals surface area contributed by atoms with Gasteiger partial charge in [-0.1, -0.05) is 29.8 Å². The van der Waals surface area contributed by atoms with Gasteiger partial charge in [0.2, 0.25) is 0 Å². The Labute approximate surface area is 195 Å². The molecule has 3 aromatic carbocycles. The minimum absolute atomic E-state index is 0.0110. The van der Waals surface area contributed by atoms with Crippen molar-refractivity contribution in [1.29, 1.82) is 0 Å². The first-order valence-electron chi connectivity index (χ1n) is 9.78. The van der Waals surface area contributed by atoms with Crippen molar-refractivity contribution in [3.8, 4) is 0 Å². The molecule has 0 spiro atoms. The summed E-state index contributed by atoms with van der Waals surface area (Å²) < 4.78 is 54.4. The van der Waals surface area contributed by atoms with Crippen LogP contribution in [0.15, 0.2) is 76.7 Å². The predicted molar refractivity (Wildman–Crippen MR) is 120 cm³/mol. The van der Waals surface area contributed by atoms with Gasteiger partial charge in [0.1, 0.15) is 12.4 Å². The lowest BCUT2D eigenvalue weighted by Crippen LogP contribution is -2.31. The zero-order valence-corrected chi connectivity index (χ0v) is 17.9. The van der Waals surface area contributed by atoms with Crippen molar-refractivity contribution in [1.82, 2.24) is 5.48 Å². The molecule has 0 aliphatic carbocycles. The number of carbonyl (C=O) groups is 1. The number of fused-ring (bicyclic) bond motifs is 1. The number of alkyl halides is 3. The van der Waals surface area contributed by atoms with Crippen molar-refractivity contribution < 1.29 is 27.2 Å². The normalized spacial score (nSPS) is 13.2. The fraction of sp³-hybridized carbons (Fsp3) is 0.0870. The van der Waals surface area contributed by atoms with E-state index in [1.807, 2.05) is 0 Å². The van der Waals surface area contributed by atoms with Crippen LogP contribution in [0, 0.1) is 5.82 Å². The molecule has 1 aliphatic rings. The number of halogens is 5. The van der Waals surface area contributed by atoms with Gasteiger partial charge in [-0.3, -0.25) is 10.3 Å². The van der Waals surface area contributed by atoms with Gasteiger partial charge < -0.3 is 4.84 Å². The van der Waals surface area contributed by atoms with Gasteiger partial charge >= 0.3 is 12.3 Å². The molecule has 1 heterocycles. The van der Waals surface area contributed by atoms with E-state index < -0.39 is 23.7 Å². The van der Waals surface area contributed by atoms with Crippen LogP contribution < -0.4 is 10.8 Å². The van der Waals surface area contributed by atoms with Crippen LogP contribution in [-0.4, -0.2) is 24.2 Å². The van der Waals surface area contributed by atoms with Crippen LogP contribution in [0.1, 0.15) is 16.7 Å². The van der Waals surface area contributed by atoms with Crippen molar-refractivity contribution in [2.75, 3.05) is 11.9 Å². The third-order valence-electron chi connectivity index (χ3n) is 4.68. The maximum Gasteiger partial charge on any atom is 0.435 e. The van der Waals surface area contributed by atoms with Gasteiger partial charge in [-0.2, -0.15) is 13.2 Å². The zero-order valence-electron chi connectivity index (χ0n) is 17.2. The molecule has 0 atom stereocenters. The second-order valence-corrected chi connectivity index (χ2v) is 7.50. The minimum atomic E-state index is -4.62. The minimum Gasteiger partial charge on any atom is -0.323 e. The van der Waals surface area contributed by atoms with Gasteiger partial charge in [-0.05, 0) is 48.5 Å². The summed E-state index contributed by atoms with van der Waals surface area (Å²) in [7, 11) is 0. The summed E-state index contributed by atoms with van der Waals surface area (Å²) in [6, 6.07) is 14.8. The maximum atomic E-state index is 14.5. The van der Waals surface area contributed by atoms with Crippen LogP contribution in [0.25, 0.3) is 0 Å². The van der Waals surface area contributed by atoms with E-state index >= 15 is 0 Å². The van der Waals surface area contributed by atoms with Crippen molar-refractivity contribution in [2.45, 2.75) is 6.18 Å². The molecule has 3 aromatic rings. The third kappa shape index (κ3) is 5.34. The van der Waals surface area contributed by atoms with Crippen LogP contribution in [0.5, 0.6) is 0 Å². The molecular weight excluding hydrogens is 476 g/mol. The van der Waals surface area contributed by atoms with Gasteiger partial charge in [0, 0.05) is 21.8 Å². The van der Waals surface area contributed by atoms with E-state index in [2.05, 4.69) is 20.8 Å². The number of amidine groups is 1. The molecule has 0 saturated carbocycles. The fourth-order valence-electron chi connectivity index (χ4n) is 3.17. The number of amides is 1. The molecule has 0 saturated heterocycles. The number of aliphatic imine (C=N–C) groups is 2. The highest BCUT2D eigenvalue weighted by Gasteiger charge is 2.32. The van der Waals surface area contributed by atoms with E-state index in [1.54, 1.807) is 24.3 Å². The highest BCUT2D eigenvalue weighted by atomic mass is 35.5. The van der Waals surface area contributed by atoms with E-state index in [1.165, 1.54) is 24.3 Å². The molecule has 0 bridgehead atoms. The van der Waals surface area contributed by atoms with Crippen LogP contribution in [0.2, 0.25) is 5.02 Å². The molecule has 2 N–H and O–H groups in total. The Bertz CT molecular complexity index is 1310. The average molecular weight is 491 g/mol. The standard InChI is InChI=1S/C23H15ClF4N4O2/c24-14-4-3-5-15(11-14)30-22(33)34-32-20-12-29-21(16-6-1-2-7-18(16)25)17-10-13(23(26,27)28)8-9-19(17)31-20/h1-11H,12H2,(H,30,33)(H,31,32). The smallest absolute Gasteiger partial charge is 0.323 e. The molecule has 6 nitrogen and oxygen atoms in total. The number of hydrogen-bond acceptors (Lipinski definition) is 5. The van der Waals surface area contributed by atoms with Gasteiger partial charge in [-0.25, -0.2) is 19.7 Å².